The summed E-state index contributed by atoms with van der Waals surface area (Å²) in [4.78, 5) is 0. The number of hydrogen-bond acceptors (Lipinski definition) is 2. The quantitative estimate of drug-likeness (QED) is 0.557. The summed E-state index contributed by atoms with van der Waals surface area (Å²) in [5, 5.41) is 5.53. The Morgan fingerprint density at radius 3 is 2.44 bits per heavy atom. The molecule has 1 heterocycles. The predicted octanol–water partition coefficient (Wildman–Crippen LogP) is 2.17. The lowest BCUT2D eigenvalue weighted by molar-refractivity contribution is 0.475. The van der Waals surface area contributed by atoms with Gasteiger partial charge in [-0.25, -0.2) is 0 Å². The minimum atomic E-state index is 0.309. The van der Waals surface area contributed by atoms with E-state index in [0.717, 1.165) is 5.88 Å². The van der Waals surface area contributed by atoms with Crippen LogP contribution < -0.4 is 5.32 Å². The number of hydrogen-bond donors (Lipinski definition) is 1. The monoisotopic (exact) mass is 143 g/mol. The number of thioether (sulfide) groups is 1. The van der Waals surface area contributed by atoms with Gasteiger partial charge in [-0.1, -0.05) is 20.8 Å². The molecule has 0 radical (unpaired) electrons. The summed E-state index contributed by atoms with van der Waals surface area (Å²) in [6.45, 7) is 6.66. The molecule has 0 spiro atoms. The van der Waals surface area contributed by atoms with Gasteiger partial charge in [0.15, 0.2) is 0 Å². The van der Waals surface area contributed by atoms with E-state index in [1.54, 1.807) is 0 Å². The lowest BCUT2D eigenvalue weighted by Crippen LogP contribution is -2.19. The van der Waals surface area contributed by atoms with Crippen molar-refractivity contribution in [3.05, 3.63) is 11.1 Å². The first kappa shape index (κ1) is 7.00. The Hall–Kier alpha value is -0.110. The van der Waals surface area contributed by atoms with Crippen LogP contribution in [0.15, 0.2) is 11.1 Å². The van der Waals surface area contributed by atoms with Gasteiger partial charge in [0.05, 0.1) is 5.88 Å². The van der Waals surface area contributed by atoms with Crippen molar-refractivity contribution in [2.75, 3.05) is 5.88 Å². The second kappa shape index (κ2) is 2.25. The molecule has 0 bridgehead atoms. The number of nitrogens with one attached hydrogen (secondary N) is 1. The highest BCUT2D eigenvalue weighted by atomic mass is 32.2. The zero-order valence-corrected chi connectivity index (χ0v) is 7.01. The van der Waals surface area contributed by atoms with Crippen LogP contribution in [0.3, 0.4) is 0 Å². The molecule has 2 heteroatoms. The van der Waals surface area contributed by atoms with Gasteiger partial charge < -0.3 is 5.32 Å². The van der Waals surface area contributed by atoms with Gasteiger partial charge in [-0.05, 0) is 5.41 Å². The smallest absolute Gasteiger partial charge is 0.0649 e. The Labute approximate surface area is 60.9 Å². The lowest BCUT2D eigenvalue weighted by atomic mass is 9.93. The highest BCUT2D eigenvalue weighted by Gasteiger charge is 2.18. The molecule has 0 saturated carbocycles. The summed E-state index contributed by atoms with van der Waals surface area (Å²) in [6, 6.07) is 0. The van der Waals surface area contributed by atoms with E-state index in [9.17, 15) is 0 Å². The Kier molecular flexibility index (Phi) is 1.75. The molecular formula is C7H13NS. The van der Waals surface area contributed by atoms with Crippen molar-refractivity contribution in [2.24, 2.45) is 5.41 Å². The van der Waals surface area contributed by atoms with E-state index >= 15 is 0 Å². The Morgan fingerprint density at radius 1 is 1.56 bits per heavy atom. The van der Waals surface area contributed by atoms with E-state index in [-0.39, 0.29) is 0 Å². The second-order valence-corrected chi connectivity index (χ2v) is 4.13. The van der Waals surface area contributed by atoms with Crippen LogP contribution in [0.1, 0.15) is 20.8 Å². The van der Waals surface area contributed by atoms with Crippen molar-refractivity contribution < 1.29 is 0 Å². The third kappa shape index (κ3) is 1.65. The molecule has 1 aliphatic rings. The fraction of sp³-hybridized carbons (Fsp3) is 0.714. The van der Waals surface area contributed by atoms with Gasteiger partial charge in [0, 0.05) is 11.1 Å². The van der Waals surface area contributed by atoms with E-state index in [1.165, 1.54) is 5.70 Å². The summed E-state index contributed by atoms with van der Waals surface area (Å²) < 4.78 is 0. The largest absolute Gasteiger partial charge is 0.378 e. The van der Waals surface area contributed by atoms with Crippen LogP contribution in [0.2, 0.25) is 0 Å². The van der Waals surface area contributed by atoms with Gasteiger partial charge in [0.1, 0.15) is 0 Å². The maximum absolute atomic E-state index is 3.32. The third-order valence-corrected chi connectivity index (χ3v) is 2.07. The summed E-state index contributed by atoms with van der Waals surface area (Å²) in [6.07, 6.45) is 0. The van der Waals surface area contributed by atoms with Crippen LogP contribution in [0, 0.1) is 5.41 Å². The zero-order chi connectivity index (χ0) is 6.91. The van der Waals surface area contributed by atoms with Crippen LogP contribution in [-0.4, -0.2) is 5.88 Å². The summed E-state index contributed by atoms with van der Waals surface area (Å²) in [7, 11) is 0. The maximum atomic E-state index is 3.32. The highest BCUT2D eigenvalue weighted by molar-refractivity contribution is 8.02. The van der Waals surface area contributed by atoms with Gasteiger partial charge in [-0.15, -0.1) is 11.8 Å². The molecule has 1 nitrogen and oxygen atoms in total. The Bertz CT molecular complexity index is 132. The Morgan fingerprint density at radius 2 is 2.22 bits per heavy atom. The average Bonchev–Trinajstić information content (AvgIpc) is 2.08. The molecular weight excluding hydrogens is 130 g/mol. The Balaban J connectivity index is 2.61. The first-order chi connectivity index (χ1) is 4.11. The van der Waals surface area contributed by atoms with Crippen LogP contribution >= 0.6 is 11.8 Å². The first-order valence-corrected chi connectivity index (χ1v) is 4.22. The van der Waals surface area contributed by atoms with Crippen LogP contribution in [0.4, 0.5) is 0 Å². The summed E-state index contributed by atoms with van der Waals surface area (Å²) >= 11 is 1.84. The molecule has 1 rings (SSSR count). The standard InChI is InChI=1S/C7H13NS/c1-7(2,3)6-4-9-5-8-6/h4,8H,5H2,1-3H3. The summed E-state index contributed by atoms with van der Waals surface area (Å²) in [5.41, 5.74) is 1.68. The third-order valence-electron chi connectivity index (χ3n) is 1.36. The second-order valence-electron chi connectivity index (χ2n) is 3.27. The molecule has 0 amide bonds. The molecule has 0 aromatic carbocycles. The van der Waals surface area contributed by atoms with Crippen molar-refractivity contribution in [1.82, 2.24) is 5.32 Å². The molecule has 0 saturated heterocycles. The predicted molar refractivity (Wildman–Crippen MR) is 43.1 cm³/mol. The van der Waals surface area contributed by atoms with Gasteiger partial charge in [0.25, 0.3) is 0 Å². The molecule has 1 N–H and O–H groups in total. The lowest BCUT2D eigenvalue weighted by Gasteiger charge is -2.19. The fourth-order valence-corrected chi connectivity index (χ4v) is 1.65. The number of allylic oxidation sites excluding steroid dienone is 1. The molecule has 0 atom stereocenters. The maximum Gasteiger partial charge on any atom is 0.0649 e. The van der Waals surface area contributed by atoms with Crippen LogP contribution in [0.5, 0.6) is 0 Å². The van der Waals surface area contributed by atoms with Crippen molar-refractivity contribution in [2.45, 2.75) is 20.8 Å². The highest BCUT2D eigenvalue weighted by Crippen LogP contribution is 2.28. The first-order valence-electron chi connectivity index (χ1n) is 3.17. The van der Waals surface area contributed by atoms with Gasteiger partial charge in [-0.3, -0.25) is 0 Å². The van der Waals surface area contributed by atoms with Crippen LogP contribution in [0.25, 0.3) is 0 Å². The van der Waals surface area contributed by atoms with E-state index < -0.39 is 0 Å². The topological polar surface area (TPSA) is 12.0 Å². The molecule has 52 valence electrons. The molecule has 0 aromatic rings. The molecule has 0 unspecified atom stereocenters. The minimum Gasteiger partial charge on any atom is -0.378 e. The van der Waals surface area contributed by atoms with Crippen molar-refractivity contribution >= 4 is 11.8 Å². The van der Waals surface area contributed by atoms with E-state index in [2.05, 4.69) is 31.5 Å². The van der Waals surface area contributed by atoms with Crippen LogP contribution in [-0.2, 0) is 0 Å². The molecule has 1 aliphatic heterocycles. The van der Waals surface area contributed by atoms with Crippen molar-refractivity contribution in [3.63, 3.8) is 0 Å². The van der Waals surface area contributed by atoms with Gasteiger partial charge in [-0.2, -0.15) is 0 Å². The summed E-state index contributed by atoms with van der Waals surface area (Å²) in [5.74, 6) is 1.05. The average molecular weight is 143 g/mol. The minimum absolute atomic E-state index is 0.309. The van der Waals surface area contributed by atoms with E-state index in [1.807, 2.05) is 11.8 Å². The van der Waals surface area contributed by atoms with E-state index in [0.29, 0.717) is 5.41 Å². The van der Waals surface area contributed by atoms with Crippen molar-refractivity contribution in [1.29, 1.82) is 0 Å². The normalized spacial score (nSPS) is 19.2. The molecule has 0 aromatic heterocycles. The zero-order valence-electron chi connectivity index (χ0n) is 6.19. The number of rotatable bonds is 0. The molecule has 0 aliphatic carbocycles. The SMILES string of the molecule is CC(C)(C)C1=CSCN1. The van der Waals surface area contributed by atoms with Gasteiger partial charge in [0.2, 0.25) is 0 Å². The fourth-order valence-electron chi connectivity index (χ4n) is 0.728. The van der Waals surface area contributed by atoms with Gasteiger partial charge >= 0.3 is 0 Å². The van der Waals surface area contributed by atoms with E-state index in [4.69, 9.17) is 0 Å². The van der Waals surface area contributed by atoms with Crippen molar-refractivity contribution in [3.8, 4) is 0 Å². The molecule has 9 heavy (non-hydrogen) atoms. The molecule has 0 fully saturated rings.